The van der Waals surface area contributed by atoms with E-state index in [9.17, 15) is 4.79 Å². The molecule has 4 nitrogen and oxygen atoms in total. The summed E-state index contributed by atoms with van der Waals surface area (Å²) in [4.78, 5) is 13.8. The number of benzene rings is 1. The molecule has 1 aromatic carbocycles. The highest BCUT2D eigenvalue weighted by atomic mass is 16.5. The van der Waals surface area contributed by atoms with E-state index in [0.717, 1.165) is 24.2 Å². The number of rotatable bonds is 7. The Labute approximate surface area is 115 Å². The van der Waals surface area contributed by atoms with Crippen LogP contribution in [0.3, 0.4) is 0 Å². The average Bonchev–Trinajstić information content (AvgIpc) is 2.27. The maximum absolute atomic E-state index is 11.7. The molecule has 1 aromatic rings. The SMILES string of the molecule is CCCN(CC(=O)OC(C)C)Cc1cccc(N)c1. The van der Waals surface area contributed by atoms with E-state index >= 15 is 0 Å². The summed E-state index contributed by atoms with van der Waals surface area (Å²) in [6.45, 7) is 7.72. The molecule has 4 heteroatoms. The van der Waals surface area contributed by atoms with Gasteiger partial charge in [-0.3, -0.25) is 9.69 Å². The van der Waals surface area contributed by atoms with Crippen LogP contribution in [0.5, 0.6) is 0 Å². The zero-order valence-electron chi connectivity index (χ0n) is 12.1. The predicted octanol–water partition coefficient (Wildman–Crippen LogP) is 2.43. The lowest BCUT2D eigenvalue weighted by molar-refractivity contribution is -0.148. The number of carbonyl (C=O) groups excluding carboxylic acids is 1. The first kappa shape index (κ1) is 15.5. The fourth-order valence-corrected chi connectivity index (χ4v) is 1.96. The third-order valence-corrected chi connectivity index (χ3v) is 2.62. The molecule has 19 heavy (non-hydrogen) atoms. The number of nitrogens with zero attached hydrogens (tertiary/aromatic N) is 1. The van der Waals surface area contributed by atoms with Gasteiger partial charge in [-0.05, 0) is 44.5 Å². The third kappa shape index (κ3) is 6.25. The maximum atomic E-state index is 11.7. The Bertz CT molecular complexity index is 405. The average molecular weight is 264 g/mol. The van der Waals surface area contributed by atoms with Crippen LogP contribution < -0.4 is 5.73 Å². The van der Waals surface area contributed by atoms with Crippen LogP contribution >= 0.6 is 0 Å². The van der Waals surface area contributed by atoms with E-state index in [1.807, 2.05) is 38.1 Å². The highest BCUT2D eigenvalue weighted by Gasteiger charge is 2.13. The number of anilines is 1. The van der Waals surface area contributed by atoms with Gasteiger partial charge in [0.05, 0.1) is 12.6 Å². The molecule has 1 rings (SSSR count). The monoisotopic (exact) mass is 264 g/mol. The fourth-order valence-electron chi connectivity index (χ4n) is 1.96. The standard InChI is InChI=1S/C15H24N2O2/c1-4-8-17(11-15(18)19-12(2)3)10-13-6-5-7-14(16)9-13/h5-7,9,12H,4,8,10-11,16H2,1-3H3. The molecule has 0 fully saturated rings. The molecule has 0 spiro atoms. The van der Waals surface area contributed by atoms with Crippen molar-refractivity contribution in [2.75, 3.05) is 18.8 Å². The van der Waals surface area contributed by atoms with E-state index in [0.29, 0.717) is 13.1 Å². The van der Waals surface area contributed by atoms with Crippen molar-refractivity contribution < 1.29 is 9.53 Å². The van der Waals surface area contributed by atoms with Crippen LogP contribution in [0.15, 0.2) is 24.3 Å². The summed E-state index contributed by atoms with van der Waals surface area (Å²) < 4.78 is 5.18. The van der Waals surface area contributed by atoms with Crippen LogP contribution in [-0.4, -0.2) is 30.1 Å². The minimum Gasteiger partial charge on any atom is -0.462 e. The van der Waals surface area contributed by atoms with Gasteiger partial charge in [0.2, 0.25) is 0 Å². The fraction of sp³-hybridized carbons (Fsp3) is 0.533. The minimum atomic E-state index is -0.174. The number of hydrogen-bond acceptors (Lipinski definition) is 4. The van der Waals surface area contributed by atoms with Crippen molar-refractivity contribution in [1.82, 2.24) is 4.90 Å². The number of hydrogen-bond donors (Lipinski definition) is 1. The zero-order chi connectivity index (χ0) is 14.3. The first-order chi connectivity index (χ1) is 9.01. The molecule has 0 aliphatic rings. The van der Waals surface area contributed by atoms with E-state index in [1.165, 1.54) is 0 Å². The van der Waals surface area contributed by atoms with Crippen molar-refractivity contribution in [2.24, 2.45) is 0 Å². The summed E-state index contributed by atoms with van der Waals surface area (Å²) in [5.41, 5.74) is 7.63. The van der Waals surface area contributed by atoms with Gasteiger partial charge in [0, 0.05) is 12.2 Å². The molecular formula is C15H24N2O2. The second kappa shape index (κ2) is 7.79. The van der Waals surface area contributed by atoms with Crippen LogP contribution in [0.2, 0.25) is 0 Å². The van der Waals surface area contributed by atoms with E-state index in [1.54, 1.807) is 0 Å². The van der Waals surface area contributed by atoms with Gasteiger partial charge in [0.1, 0.15) is 0 Å². The third-order valence-electron chi connectivity index (χ3n) is 2.62. The Hall–Kier alpha value is -1.55. The highest BCUT2D eigenvalue weighted by molar-refractivity contribution is 5.71. The first-order valence-corrected chi connectivity index (χ1v) is 6.77. The van der Waals surface area contributed by atoms with E-state index in [-0.39, 0.29) is 12.1 Å². The molecule has 0 aliphatic carbocycles. The molecule has 0 aromatic heterocycles. The lowest BCUT2D eigenvalue weighted by Gasteiger charge is -2.21. The normalized spacial score (nSPS) is 11.0. The Balaban J connectivity index is 2.59. The number of carbonyl (C=O) groups is 1. The van der Waals surface area contributed by atoms with Gasteiger partial charge < -0.3 is 10.5 Å². The smallest absolute Gasteiger partial charge is 0.320 e. The van der Waals surface area contributed by atoms with E-state index in [4.69, 9.17) is 10.5 Å². The molecule has 0 radical (unpaired) electrons. The number of nitrogens with two attached hydrogens (primary N) is 1. The molecule has 106 valence electrons. The Morgan fingerprint density at radius 1 is 1.42 bits per heavy atom. The van der Waals surface area contributed by atoms with Crippen LogP contribution in [0, 0.1) is 0 Å². The van der Waals surface area contributed by atoms with Gasteiger partial charge in [0.15, 0.2) is 0 Å². The molecule has 0 unspecified atom stereocenters. The Morgan fingerprint density at radius 3 is 2.74 bits per heavy atom. The summed E-state index contributed by atoms with van der Waals surface area (Å²) in [5.74, 6) is -0.174. The van der Waals surface area contributed by atoms with E-state index < -0.39 is 0 Å². The van der Waals surface area contributed by atoms with Gasteiger partial charge in [-0.25, -0.2) is 0 Å². The van der Waals surface area contributed by atoms with Gasteiger partial charge >= 0.3 is 5.97 Å². The molecule has 0 aliphatic heterocycles. The Morgan fingerprint density at radius 2 is 2.16 bits per heavy atom. The lowest BCUT2D eigenvalue weighted by Crippen LogP contribution is -2.32. The lowest BCUT2D eigenvalue weighted by atomic mass is 10.2. The molecule has 0 saturated heterocycles. The van der Waals surface area contributed by atoms with Crippen LogP contribution in [0.1, 0.15) is 32.8 Å². The van der Waals surface area contributed by atoms with Gasteiger partial charge in [-0.2, -0.15) is 0 Å². The summed E-state index contributed by atoms with van der Waals surface area (Å²) >= 11 is 0. The van der Waals surface area contributed by atoms with Crippen molar-refractivity contribution in [2.45, 2.75) is 39.8 Å². The molecule has 2 N–H and O–H groups in total. The predicted molar refractivity (Wildman–Crippen MR) is 77.7 cm³/mol. The second-order valence-corrected chi connectivity index (χ2v) is 4.99. The summed E-state index contributed by atoms with van der Waals surface area (Å²) in [5, 5.41) is 0. The number of ether oxygens (including phenoxy) is 1. The van der Waals surface area contributed by atoms with E-state index in [2.05, 4.69) is 11.8 Å². The van der Waals surface area contributed by atoms with Crippen molar-refractivity contribution in [3.05, 3.63) is 29.8 Å². The van der Waals surface area contributed by atoms with Crippen molar-refractivity contribution in [1.29, 1.82) is 0 Å². The quantitative estimate of drug-likeness (QED) is 0.607. The first-order valence-electron chi connectivity index (χ1n) is 6.77. The van der Waals surface area contributed by atoms with Crippen LogP contribution in [-0.2, 0) is 16.1 Å². The molecule has 0 atom stereocenters. The molecule has 0 bridgehead atoms. The number of esters is 1. The maximum Gasteiger partial charge on any atom is 0.320 e. The van der Waals surface area contributed by atoms with Gasteiger partial charge in [-0.15, -0.1) is 0 Å². The second-order valence-electron chi connectivity index (χ2n) is 4.99. The van der Waals surface area contributed by atoms with Gasteiger partial charge in [-0.1, -0.05) is 19.1 Å². The molecular weight excluding hydrogens is 240 g/mol. The Kier molecular flexibility index (Phi) is 6.36. The zero-order valence-corrected chi connectivity index (χ0v) is 12.1. The minimum absolute atomic E-state index is 0.0663. The largest absolute Gasteiger partial charge is 0.462 e. The molecule has 0 amide bonds. The van der Waals surface area contributed by atoms with Crippen LogP contribution in [0.25, 0.3) is 0 Å². The van der Waals surface area contributed by atoms with Crippen molar-refractivity contribution in [3.63, 3.8) is 0 Å². The summed E-state index contributed by atoms with van der Waals surface area (Å²) in [6, 6.07) is 7.76. The molecule has 0 heterocycles. The van der Waals surface area contributed by atoms with Crippen molar-refractivity contribution in [3.8, 4) is 0 Å². The van der Waals surface area contributed by atoms with Crippen molar-refractivity contribution >= 4 is 11.7 Å². The van der Waals surface area contributed by atoms with Crippen LogP contribution in [0.4, 0.5) is 5.69 Å². The molecule has 0 saturated carbocycles. The topological polar surface area (TPSA) is 55.6 Å². The summed E-state index contributed by atoms with van der Waals surface area (Å²) in [6.07, 6.45) is 0.931. The van der Waals surface area contributed by atoms with Gasteiger partial charge in [0.25, 0.3) is 0 Å². The summed E-state index contributed by atoms with van der Waals surface area (Å²) in [7, 11) is 0. The highest BCUT2D eigenvalue weighted by Crippen LogP contribution is 2.10. The number of nitrogen functional groups attached to an aromatic ring is 1.